The molecule has 0 saturated heterocycles. The van der Waals surface area contributed by atoms with Crippen molar-refractivity contribution < 1.29 is 9.84 Å². The van der Waals surface area contributed by atoms with Crippen molar-refractivity contribution in [2.75, 3.05) is 19.8 Å². The van der Waals surface area contributed by atoms with Gasteiger partial charge in [-0.2, -0.15) is 0 Å². The fraction of sp³-hybridized carbons (Fsp3) is 0.500. The highest BCUT2D eigenvalue weighted by atomic mass is 16.5. The number of aliphatic hydroxyl groups is 1. The smallest absolute Gasteiger partial charge is 0.0991 e. The molecule has 0 fully saturated rings. The number of rotatable bonds is 10. The third-order valence-corrected chi connectivity index (χ3v) is 3.78. The summed E-state index contributed by atoms with van der Waals surface area (Å²) in [7, 11) is 0. The molecule has 0 radical (unpaired) electrons. The van der Waals surface area contributed by atoms with Crippen LogP contribution < -0.4 is 5.32 Å². The van der Waals surface area contributed by atoms with E-state index in [-0.39, 0.29) is 6.04 Å². The van der Waals surface area contributed by atoms with Gasteiger partial charge in [0, 0.05) is 37.3 Å². The summed E-state index contributed by atoms with van der Waals surface area (Å²) in [6, 6.07) is 8.46. The third kappa shape index (κ3) is 5.78. The van der Waals surface area contributed by atoms with E-state index < -0.39 is 6.10 Å². The number of nitrogens with zero attached hydrogens (tertiary/aromatic N) is 2. The van der Waals surface area contributed by atoms with E-state index in [1.807, 2.05) is 22.9 Å². The molecule has 2 atom stereocenters. The van der Waals surface area contributed by atoms with Gasteiger partial charge in [0.25, 0.3) is 0 Å². The number of aromatic nitrogens is 2. The first-order valence-electron chi connectivity index (χ1n) is 8.28. The summed E-state index contributed by atoms with van der Waals surface area (Å²) >= 11 is 0. The number of unbranched alkanes of at least 4 members (excludes halogenated alkanes) is 1. The molecule has 1 aromatic heterocycles. The predicted octanol–water partition coefficient (Wildman–Crippen LogP) is 2.70. The maximum Gasteiger partial charge on any atom is 0.0991 e. The zero-order valence-electron chi connectivity index (χ0n) is 14.0. The van der Waals surface area contributed by atoms with E-state index in [1.54, 1.807) is 12.5 Å². The van der Waals surface area contributed by atoms with Gasteiger partial charge in [-0.05, 0) is 31.0 Å². The monoisotopic (exact) mass is 317 g/mol. The summed E-state index contributed by atoms with van der Waals surface area (Å²) in [5, 5.41) is 13.3. The van der Waals surface area contributed by atoms with Crippen LogP contribution in [0.4, 0.5) is 0 Å². The van der Waals surface area contributed by atoms with Gasteiger partial charge in [-0.25, -0.2) is 4.98 Å². The van der Waals surface area contributed by atoms with E-state index >= 15 is 0 Å². The number of nitrogens with one attached hydrogen (secondary N) is 1. The highest BCUT2D eigenvalue weighted by molar-refractivity contribution is 5.36. The summed E-state index contributed by atoms with van der Waals surface area (Å²) < 4.78 is 7.42. The van der Waals surface area contributed by atoms with Crippen molar-refractivity contribution in [3.05, 3.63) is 48.5 Å². The van der Waals surface area contributed by atoms with Crippen LogP contribution in [0.25, 0.3) is 5.69 Å². The molecule has 0 aliphatic carbocycles. The van der Waals surface area contributed by atoms with Gasteiger partial charge in [-0.15, -0.1) is 0 Å². The molecule has 126 valence electrons. The zero-order chi connectivity index (χ0) is 16.5. The minimum Gasteiger partial charge on any atom is -0.389 e. The van der Waals surface area contributed by atoms with Crippen molar-refractivity contribution >= 4 is 0 Å². The Hall–Kier alpha value is -1.69. The molecule has 0 unspecified atom stereocenters. The molecule has 2 N–H and O–H groups in total. The van der Waals surface area contributed by atoms with Gasteiger partial charge in [0.1, 0.15) is 0 Å². The molecule has 5 heteroatoms. The van der Waals surface area contributed by atoms with E-state index in [0.29, 0.717) is 13.2 Å². The van der Waals surface area contributed by atoms with Crippen LogP contribution >= 0.6 is 0 Å². The van der Waals surface area contributed by atoms with Crippen molar-refractivity contribution in [1.82, 2.24) is 14.9 Å². The summed E-state index contributed by atoms with van der Waals surface area (Å²) in [6.07, 6.45) is 7.15. The summed E-state index contributed by atoms with van der Waals surface area (Å²) in [5.41, 5.74) is 2.26. The van der Waals surface area contributed by atoms with Crippen LogP contribution in [0.15, 0.2) is 43.0 Å². The van der Waals surface area contributed by atoms with Crippen molar-refractivity contribution in [1.29, 1.82) is 0 Å². The summed E-state index contributed by atoms with van der Waals surface area (Å²) in [6.45, 7) is 5.84. The average molecular weight is 317 g/mol. The largest absolute Gasteiger partial charge is 0.389 e. The van der Waals surface area contributed by atoms with Crippen LogP contribution in [0.5, 0.6) is 0 Å². The van der Waals surface area contributed by atoms with Crippen molar-refractivity contribution in [3.63, 3.8) is 0 Å². The van der Waals surface area contributed by atoms with Crippen LogP contribution in [0.2, 0.25) is 0 Å². The van der Waals surface area contributed by atoms with Crippen LogP contribution in [-0.2, 0) is 4.74 Å². The van der Waals surface area contributed by atoms with Crippen LogP contribution in [-0.4, -0.2) is 40.5 Å². The van der Waals surface area contributed by atoms with Gasteiger partial charge < -0.3 is 19.7 Å². The lowest BCUT2D eigenvalue weighted by Gasteiger charge is -2.18. The Labute approximate surface area is 138 Å². The topological polar surface area (TPSA) is 59.3 Å². The number of benzene rings is 1. The van der Waals surface area contributed by atoms with Gasteiger partial charge in [0.15, 0.2) is 0 Å². The molecule has 5 nitrogen and oxygen atoms in total. The highest BCUT2D eigenvalue weighted by Gasteiger charge is 2.10. The number of ether oxygens (including phenoxy) is 1. The Bertz CT molecular complexity index is 557. The van der Waals surface area contributed by atoms with Gasteiger partial charge in [-0.3, -0.25) is 0 Å². The Morgan fingerprint density at radius 3 is 3.00 bits per heavy atom. The standard InChI is InChI=1S/C18H27N3O2/c1-3-4-10-23-13-18(22)12-20-15(2)16-6-5-7-17(11-16)21-9-8-19-14-21/h5-9,11,14-15,18,20,22H,3-4,10,12-13H2,1-2H3/t15-,18+/m0/s1. The van der Waals surface area contributed by atoms with Crippen LogP contribution in [0, 0.1) is 0 Å². The molecule has 0 spiro atoms. The number of hydrogen-bond donors (Lipinski definition) is 2. The average Bonchev–Trinajstić information content (AvgIpc) is 3.11. The van der Waals surface area contributed by atoms with E-state index in [0.717, 1.165) is 25.1 Å². The van der Waals surface area contributed by atoms with Crippen molar-refractivity contribution in [3.8, 4) is 5.69 Å². The molecule has 23 heavy (non-hydrogen) atoms. The second-order valence-corrected chi connectivity index (χ2v) is 5.78. The maximum absolute atomic E-state index is 9.95. The first kappa shape index (κ1) is 17.7. The molecular weight excluding hydrogens is 290 g/mol. The SMILES string of the molecule is CCCCOC[C@H](O)CN[C@@H](C)c1cccc(-n2ccnc2)c1. The fourth-order valence-corrected chi connectivity index (χ4v) is 2.32. The molecule has 1 aromatic carbocycles. The predicted molar refractivity (Wildman–Crippen MR) is 91.7 cm³/mol. The lowest BCUT2D eigenvalue weighted by atomic mass is 10.1. The lowest BCUT2D eigenvalue weighted by molar-refractivity contribution is 0.0348. The summed E-state index contributed by atoms with van der Waals surface area (Å²) in [4.78, 5) is 4.07. The second kappa shape index (κ2) is 9.45. The van der Waals surface area contributed by atoms with Crippen LogP contribution in [0.3, 0.4) is 0 Å². The molecule has 0 amide bonds. The molecule has 0 saturated carbocycles. The third-order valence-electron chi connectivity index (χ3n) is 3.78. The van der Waals surface area contributed by atoms with Crippen molar-refractivity contribution in [2.45, 2.75) is 38.8 Å². The minimum atomic E-state index is -0.480. The molecule has 0 aliphatic heterocycles. The number of aliphatic hydroxyl groups excluding tert-OH is 1. The Morgan fingerprint density at radius 2 is 2.26 bits per heavy atom. The normalized spacial score (nSPS) is 13.9. The lowest BCUT2D eigenvalue weighted by Crippen LogP contribution is -2.32. The molecular formula is C18H27N3O2. The maximum atomic E-state index is 9.95. The Balaban J connectivity index is 1.81. The quantitative estimate of drug-likeness (QED) is 0.662. The van der Waals surface area contributed by atoms with Gasteiger partial charge in [0.05, 0.1) is 19.0 Å². The molecule has 0 aliphatic rings. The summed E-state index contributed by atoms with van der Waals surface area (Å²) in [5.74, 6) is 0. The number of hydrogen-bond acceptors (Lipinski definition) is 4. The van der Waals surface area contributed by atoms with E-state index in [2.05, 4.69) is 36.3 Å². The van der Waals surface area contributed by atoms with E-state index in [1.165, 1.54) is 5.56 Å². The Morgan fingerprint density at radius 1 is 1.39 bits per heavy atom. The first-order valence-corrected chi connectivity index (χ1v) is 8.28. The van der Waals surface area contributed by atoms with E-state index in [9.17, 15) is 5.11 Å². The number of imidazole rings is 1. The molecule has 2 rings (SSSR count). The van der Waals surface area contributed by atoms with Gasteiger partial charge in [0.2, 0.25) is 0 Å². The Kier molecular flexibility index (Phi) is 7.26. The molecule has 2 aromatic rings. The fourth-order valence-electron chi connectivity index (χ4n) is 2.32. The van der Waals surface area contributed by atoms with Gasteiger partial charge in [-0.1, -0.05) is 25.5 Å². The first-order chi connectivity index (χ1) is 11.2. The van der Waals surface area contributed by atoms with Gasteiger partial charge >= 0.3 is 0 Å². The van der Waals surface area contributed by atoms with Crippen LogP contribution in [0.1, 0.15) is 38.3 Å². The van der Waals surface area contributed by atoms with E-state index in [4.69, 9.17) is 4.74 Å². The zero-order valence-corrected chi connectivity index (χ0v) is 14.0. The molecule has 1 heterocycles. The van der Waals surface area contributed by atoms with Crippen molar-refractivity contribution in [2.24, 2.45) is 0 Å². The second-order valence-electron chi connectivity index (χ2n) is 5.78. The molecule has 0 bridgehead atoms. The highest BCUT2D eigenvalue weighted by Crippen LogP contribution is 2.16. The minimum absolute atomic E-state index is 0.156.